The average molecular weight is 224 g/mol. The van der Waals surface area contributed by atoms with Gasteiger partial charge in [0.15, 0.2) is 5.65 Å². The number of aromatic amines is 1. The first-order valence-electron chi connectivity index (χ1n) is 5.45. The highest BCUT2D eigenvalue weighted by atomic mass is 15.1. The second kappa shape index (κ2) is 3.90. The number of hydrogen-bond acceptors (Lipinski definition) is 3. The van der Waals surface area contributed by atoms with Crippen molar-refractivity contribution in [3.8, 4) is 0 Å². The van der Waals surface area contributed by atoms with E-state index in [9.17, 15) is 0 Å². The monoisotopic (exact) mass is 224 g/mol. The summed E-state index contributed by atoms with van der Waals surface area (Å²) in [6.45, 7) is 0. The fourth-order valence-corrected chi connectivity index (χ4v) is 1.90. The summed E-state index contributed by atoms with van der Waals surface area (Å²) in [6, 6.07) is 12.2. The van der Waals surface area contributed by atoms with Gasteiger partial charge in [0.05, 0.1) is 11.9 Å². The minimum Gasteiger partial charge on any atom is -0.397 e. The Kier molecular flexibility index (Phi) is 2.26. The van der Waals surface area contributed by atoms with Gasteiger partial charge in [0, 0.05) is 17.5 Å². The third-order valence-electron chi connectivity index (χ3n) is 2.73. The minimum atomic E-state index is 0.660. The van der Waals surface area contributed by atoms with Gasteiger partial charge < -0.3 is 5.73 Å². The lowest BCUT2D eigenvalue weighted by molar-refractivity contribution is 1.01. The highest BCUT2D eigenvalue weighted by Gasteiger charge is 2.07. The lowest BCUT2D eigenvalue weighted by atomic mass is 10.1. The van der Waals surface area contributed by atoms with Gasteiger partial charge in [-0.15, -0.1) is 0 Å². The first kappa shape index (κ1) is 9.84. The Hall–Kier alpha value is -2.36. The zero-order chi connectivity index (χ0) is 11.7. The second-order valence-corrected chi connectivity index (χ2v) is 4.00. The summed E-state index contributed by atoms with van der Waals surface area (Å²) in [5.41, 5.74) is 9.40. The van der Waals surface area contributed by atoms with Gasteiger partial charge in [0.2, 0.25) is 0 Å². The predicted molar refractivity (Wildman–Crippen MR) is 67.5 cm³/mol. The van der Waals surface area contributed by atoms with Gasteiger partial charge in [-0.25, -0.2) is 4.98 Å². The van der Waals surface area contributed by atoms with E-state index in [0.29, 0.717) is 11.3 Å². The number of benzene rings is 1. The molecule has 1 aromatic carbocycles. The van der Waals surface area contributed by atoms with Gasteiger partial charge in [-0.1, -0.05) is 30.3 Å². The van der Waals surface area contributed by atoms with Crippen molar-refractivity contribution in [2.75, 3.05) is 5.73 Å². The van der Waals surface area contributed by atoms with Crippen LogP contribution in [0.1, 0.15) is 11.3 Å². The number of pyridine rings is 1. The number of anilines is 1. The highest BCUT2D eigenvalue weighted by molar-refractivity contribution is 5.80. The molecule has 0 bridgehead atoms. The van der Waals surface area contributed by atoms with Crippen molar-refractivity contribution in [1.82, 2.24) is 15.2 Å². The summed E-state index contributed by atoms with van der Waals surface area (Å²) in [7, 11) is 0. The van der Waals surface area contributed by atoms with E-state index in [0.717, 1.165) is 17.5 Å². The molecule has 0 aliphatic carbocycles. The van der Waals surface area contributed by atoms with E-state index < -0.39 is 0 Å². The number of nitrogens with zero attached hydrogens (tertiary/aromatic N) is 2. The number of aromatic nitrogens is 3. The lowest BCUT2D eigenvalue weighted by Gasteiger charge is -1.99. The molecular formula is C13H12N4. The molecule has 0 amide bonds. The lowest BCUT2D eigenvalue weighted by Crippen LogP contribution is -1.90. The van der Waals surface area contributed by atoms with Crippen LogP contribution in [0.15, 0.2) is 42.6 Å². The molecule has 0 saturated heterocycles. The Morgan fingerprint density at radius 1 is 1.18 bits per heavy atom. The number of nitrogens with one attached hydrogen (secondary N) is 1. The van der Waals surface area contributed by atoms with Gasteiger partial charge in [-0.3, -0.25) is 5.10 Å². The normalized spacial score (nSPS) is 10.8. The van der Waals surface area contributed by atoms with Crippen LogP contribution >= 0.6 is 0 Å². The fraction of sp³-hybridized carbons (Fsp3) is 0.0769. The SMILES string of the molecule is Nc1cnc2n[nH]c(Cc3ccccc3)c2c1. The molecule has 4 nitrogen and oxygen atoms in total. The summed E-state index contributed by atoms with van der Waals surface area (Å²) in [5, 5.41) is 8.18. The maximum Gasteiger partial charge on any atom is 0.181 e. The Morgan fingerprint density at radius 2 is 2.00 bits per heavy atom. The largest absolute Gasteiger partial charge is 0.397 e. The van der Waals surface area contributed by atoms with Gasteiger partial charge >= 0.3 is 0 Å². The van der Waals surface area contributed by atoms with Crippen LogP contribution in [0.4, 0.5) is 5.69 Å². The smallest absolute Gasteiger partial charge is 0.181 e. The number of hydrogen-bond donors (Lipinski definition) is 2. The number of nitrogens with two attached hydrogens (primary N) is 1. The molecule has 17 heavy (non-hydrogen) atoms. The zero-order valence-corrected chi connectivity index (χ0v) is 9.22. The van der Waals surface area contributed by atoms with Crippen molar-refractivity contribution in [2.24, 2.45) is 0 Å². The Morgan fingerprint density at radius 3 is 2.82 bits per heavy atom. The first-order valence-corrected chi connectivity index (χ1v) is 5.45. The summed E-state index contributed by atoms with van der Waals surface area (Å²) >= 11 is 0. The number of nitrogen functional groups attached to an aromatic ring is 1. The molecule has 4 heteroatoms. The van der Waals surface area contributed by atoms with Crippen LogP contribution in [0.25, 0.3) is 11.0 Å². The molecule has 0 unspecified atom stereocenters. The molecule has 0 spiro atoms. The van der Waals surface area contributed by atoms with Crippen LogP contribution in [-0.2, 0) is 6.42 Å². The molecule has 2 aromatic heterocycles. The van der Waals surface area contributed by atoms with Crippen molar-refractivity contribution in [3.63, 3.8) is 0 Å². The number of fused-ring (bicyclic) bond motifs is 1. The summed E-state index contributed by atoms with van der Waals surface area (Å²) in [5.74, 6) is 0. The number of rotatable bonds is 2. The van der Waals surface area contributed by atoms with Crippen molar-refractivity contribution >= 4 is 16.7 Å². The molecule has 3 rings (SSSR count). The summed E-state index contributed by atoms with van der Waals surface area (Å²) in [4.78, 5) is 4.18. The van der Waals surface area contributed by atoms with Crippen LogP contribution in [0.3, 0.4) is 0 Å². The molecule has 0 fully saturated rings. The molecular weight excluding hydrogens is 212 g/mol. The zero-order valence-electron chi connectivity index (χ0n) is 9.22. The Balaban J connectivity index is 2.03. The van der Waals surface area contributed by atoms with E-state index in [1.165, 1.54) is 5.56 Å². The highest BCUT2D eigenvalue weighted by Crippen LogP contribution is 2.19. The van der Waals surface area contributed by atoms with Gasteiger partial charge in [-0.05, 0) is 11.6 Å². The standard InChI is InChI=1S/C13H12N4/c14-10-7-11-12(16-17-13(11)15-8-10)6-9-4-2-1-3-5-9/h1-5,7-8H,6,14H2,(H,15,16,17). The molecule has 0 saturated carbocycles. The number of H-pyrrole nitrogens is 1. The molecule has 0 aliphatic heterocycles. The maximum absolute atomic E-state index is 5.74. The quantitative estimate of drug-likeness (QED) is 0.700. The molecule has 3 N–H and O–H groups in total. The van der Waals surface area contributed by atoms with E-state index in [4.69, 9.17) is 5.73 Å². The molecule has 0 aliphatic rings. The fourth-order valence-electron chi connectivity index (χ4n) is 1.90. The molecule has 3 aromatic rings. The molecule has 84 valence electrons. The van der Waals surface area contributed by atoms with Crippen molar-refractivity contribution in [2.45, 2.75) is 6.42 Å². The topological polar surface area (TPSA) is 67.6 Å². The van der Waals surface area contributed by atoms with E-state index >= 15 is 0 Å². The van der Waals surface area contributed by atoms with E-state index in [1.54, 1.807) is 6.20 Å². The van der Waals surface area contributed by atoms with E-state index in [-0.39, 0.29) is 0 Å². The van der Waals surface area contributed by atoms with E-state index in [2.05, 4.69) is 27.3 Å². The maximum atomic E-state index is 5.74. The second-order valence-electron chi connectivity index (χ2n) is 4.00. The van der Waals surface area contributed by atoms with Crippen LogP contribution in [-0.4, -0.2) is 15.2 Å². The van der Waals surface area contributed by atoms with E-state index in [1.807, 2.05) is 24.3 Å². The third kappa shape index (κ3) is 1.85. The first-order chi connectivity index (χ1) is 8.33. The van der Waals surface area contributed by atoms with Gasteiger partial charge in [0.25, 0.3) is 0 Å². The molecule has 2 heterocycles. The average Bonchev–Trinajstić information content (AvgIpc) is 2.73. The van der Waals surface area contributed by atoms with Gasteiger partial charge in [-0.2, -0.15) is 5.10 Å². The van der Waals surface area contributed by atoms with Gasteiger partial charge in [0.1, 0.15) is 0 Å². The van der Waals surface area contributed by atoms with Crippen molar-refractivity contribution in [1.29, 1.82) is 0 Å². The third-order valence-corrected chi connectivity index (χ3v) is 2.73. The summed E-state index contributed by atoms with van der Waals surface area (Å²) < 4.78 is 0. The van der Waals surface area contributed by atoms with Crippen LogP contribution in [0, 0.1) is 0 Å². The summed E-state index contributed by atoms with van der Waals surface area (Å²) in [6.07, 6.45) is 2.43. The minimum absolute atomic E-state index is 0.660. The van der Waals surface area contributed by atoms with Crippen LogP contribution < -0.4 is 5.73 Å². The molecule has 0 radical (unpaired) electrons. The van der Waals surface area contributed by atoms with Crippen LogP contribution in [0.2, 0.25) is 0 Å². The van der Waals surface area contributed by atoms with Crippen molar-refractivity contribution < 1.29 is 0 Å². The predicted octanol–water partition coefficient (Wildman–Crippen LogP) is 2.13. The Bertz CT molecular complexity index is 643. The van der Waals surface area contributed by atoms with Crippen molar-refractivity contribution in [3.05, 3.63) is 53.9 Å². The van der Waals surface area contributed by atoms with Crippen LogP contribution in [0.5, 0.6) is 0 Å². The Labute approximate surface area is 98.5 Å². The molecule has 0 atom stereocenters.